The zero-order chi connectivity index (χ0) is 27.6. The van der Waals surface area contributed by atoms with Crippen molar-refractivity contribution < 1.29 is 19.3 Å². The van der Waals surface area contributed by atoms with Gasteiger partial charge < -0.3 is 10.2 Å². The summed E-state index contributed by atoms with van der Waals surface area (Å²) >= 11 is 1.27. The molecule has 0 saturated carbocycles. The van der Waals surface area contributed by atoms with Gasteiger partial charge in [0.1, 0.15) is 11.5 Å². The maximum Gasteiger partial charge on any atom is 0.269 e. The summed E-state index contributed by atoms with van der Waals surface area (Å²) in [6.45, 7) is 0. The molecule has 8 nitrogen and oxygen atoms in total. The maximum atomic E-state index is 14.5. The van der Waals surface area contributed by atoms with Gasteiger partial charge in [-0.3, -0.25) is 24.5 Å². The van der Waals surface area contributed by atoms with Crippen LogP contribution in [0, 0.1) is 16.0 Å². The molecule has 3 aliphatic heterocycles. The molecule has 9 heteroatoms. The number of fused-ring (bicyclic) bond motifs is 6. The van der Waals surface area contributed by atoms with Crippen LogP contribution in [0.4, 0.5) is 17.1 Å². The van der Waals surface area contributed by atoms with Crippen LogP contribution in [0.2, 0.25) is 0 Å². The van der Waals surface area contributed by atoms with Crippen LogP contribution in [0.3, 0.4) is 0 Å². The molecule has 4 aromatic rings. The Labute approximate surface area is 232 Å². The largest absolute Gasteiger partial charge is 0.352 e. The number of hydrogen-bond acceptors (Lipinski definition) is 7. The van der Waals surface area contributed by atoms with Gasteiger partial charge in [-0.25, -0.2) is 0 Å². The number of benzene rings is 3. The Bertz CT molecular complexity index is 1750. The van der Waals surface area contributed by atoms with Crippen LogP contribution in [0.25, 0.3) is 6.08 Å². The summed E-state index contributed by atoms with van der Waals surface area (Å²) in [5.74, 6) is -2.07. The third kappa shape index (κ3) is 3.21. The van der Waals surface area contributed by atoms with Gasteiger partial charge in [0.25, 0.3) is 5.69 Å². The molecule has 40 heavy (non-hydrogen) atoms. The molecule has 1 aromatic heterocycles. The van der Waals surface area contributed by atoms with Crippen molar-refractivity contribution in [3.8, 4) is 0 Å². The third-order valence-electron chi connectivity index (χ3n) is 8.22. The summed E-state index contributed by atoms with van der Waals surface area (Å²) in [5, 5.41) is 16.1. The number of amides is 1. The summed E-state index contributed by atoms with van der Waals surface area (Å²) in [6, 6.07) is 22.1. The highest BCUT2D eigenvalue weighted by Crippen LogP contribution is 2.58. The second kappa shape index (κ2) is 8.82. The molecule has 1 fully saturated rings. The molecule has 0 bridgehead atoms. The number of para-hydroxylation sites is 2. The van der Waals surface area contributed by atoms with Gasteiger partial charge in [-0.2, -0.15) is 0 Å². The van der Waals surface area contributed by atoms with Crippen LogP contribution < -0.4 is 10.2 Å². The average Bonchev–Trinajstić information content (AvgIpc) is 3.69. The molecule has 0 aliphatic carbocycles. The molecule has 1 saturated heterocycles. The lowest BCUT2D eigenvalue weighted by molar-refractivity contribution is -0.384. The Hall–Kier alpha value is -4.89. The first-order valence-electron chi connectivity index (χ1n) is 12.8. The first-order valence-corrected chi connectivity index (χ1v) is 13.6. The summed E-state index contributed by atoms with van der Waals surface area (Å²) in [4.78, 5) is 56.4. The minimum atomic E-state index is -1.39. The molecule has 3 aromatic carbocycles. The monoisotopic (exact) mass is 547 g/mol. The van der Waals surface area contributed by atoms with Crippen LogP contribution in [-0.4, -0.2) is 34.5 Å². The summed E-state index contributed by atoms with van der Waals surface area (Å²) in [5.41, 5.74) is 1.61. The smallest absolute Gasteiger partial charge is 0.269 e. The summed E-state index contributed by atoms with van der Waals surface area (Å²) in [7, 11) is 0. The predicted octanol–water partition coefficient (Wildman–Crippen LogP) is 5.51. The number of rotatable bonds is 5. The van der Waals surface area contributed by atoms with Crippen LogP contribution in [0.15, 0.2) is 96.4 Å². The zero-order valence-electron chi connectivity index (χ0n) is 20.9. The Morgan fingerprint density at radius 1 is 0.925 bits per heavy atom. The fraction of sp³-hybridized carbons (Fsp3) is 0.129. The van der Waals surface area contributed by atoms with Crippen molar-refractivity contribution in [2.75, 3.05) is 10.2 Å². The van der Waals surface area contributed by atoms with E-state index in [1.165, 1.54) is 35.6 Å². The SMILES string of the molecule is O=C(c1ccc([N+](=O)[O-])cc1)[C@@H]1[C@H](C(=O)c2cccs2)[C@]2(C(=O)Nc3ccccc32)[C@H]2C=Cc3ccccc3N12. The Kier molecular flexibility index (Phi) is 5.33. The fourth-order valence-corrected chi connectivity index (χ4v) is 7.31. The summed E-state index contributed by atoms with van der Waals surface area (Å²) in [6.07, 6.45) is 3.86. The molecule has 4 heterocycles. The van der Waals surface area contributed by atoms with Gasteiger partial charge in [-0.05, 0) is 46.8 Å². The molecule has 1 amide bonds. The van der Waals surface area contributed by atoms with Gasteiger partial charge in [0.15, 0.2) is 11.6 Å². The van der Waals surface area contributed by atoms with Crippen molar-refractivity contribution in [1.29, 1.82) is 0 Å². The van der Waals surface area contributed by atoms with Crippen LogP contribution in [0.5, 0.6) is 0 Å². The number of nitro benzene ring substituents is 1. The number of nitrogens with zero attached hydrogens (tertiary/aromatic N) is 2. The number of carbonyl (C=O) groups is 3. The number of carbonyl (C=O) groups excluding carboxylic acids is 3. The van der Waals surface area contributed by atoms with Crippen molar-refractivity contribution in [1.82, 2.24) is 0 Å². The average molecular weight is 548 g/mol. The van der Waals surface area contributed by atoms with E-state index in [1.54, 1.807) is 17.5 Å². The number of non-ortho nitro benzene ring substituents is 1. The van der Waals surface area contributed by atoms with Gasteiger partial charge in [-0.1, -0.05) is 54.6 Å². The van der Waals surface area contributed by atoms with E-state index in [0.717, 1.165) is 11.3 Å². The number of nitro groups is 1. The van der Waals surface area contributed by atoms with Crippen molar-refractivity contribution in [2.24, 2.45) is 5.92 Å². The second-order valence-corrected chi connectivity index (χ2v) is 11.0. The fourth-order valence-electron chi connectivity index (χ4n) is 6.61. The predicted molar refractivity (Wildman–Crippen MR) is 152 cm³/mol. The van der Waals surface area contributed by atoms with Crippen molar-refractivity contribution in [3.05, 3.63) is 128 Å². The molecular formula is C31H21N3O5S. The molecule has 0 unspecified atom stereocenters. The van der Waals surface area contributed by atoms with E-state index in [0.29, 0.717) is 16.1 Å². The highest BCUT2D eigenvalue weighted by molar-refractivity contribution is 7.12. The van der Waals surface area contributed by atoms with Gasteiger partial charge in [0, 0.05) is 29.1 Å². The van der Waals surface area contributed by atoms with Crippen LogP contribution >= 0.6 is 11.3 Å². The van der Waals surface area contributed by atoms with Gasteiger partial charge >= 0.3 is 0 Å². The normalized spacial score (nSPS) is 23.9. The molecule has 1 N–H and O–H groups in total. The van der Waals surface area contributed by atoms with Crippen molar-refractivity contribution in [3.63, 3.8) is 0 Å². The van der Waals surface area contributed by atoms with E-state index in [4.69, 9.17) is 0 Å². The van der Waals surface area contributed by atoms with Crippen LogP contribution in [-0.2, 0) is 10.2 Å². The molecule has 7 rings (SSSR count). The Morgan fingerprint density at radius 2 is 1.68 bits per heavy atom. The molecule has 0 radical (unpaired) electrons. The van der Waals surface area contributed by atoms with Crippen LogP contribution in [0.1, 0.15) is 31.2 Å². The van der Waals surface area contributed by atoms with E-state index < -0.39 is 28.3 Å². The lowest BCUT2D eigenvalue weighted by Crippen LogP contribution is -2.51. The molecule has 1 spiro atoms. The van der Waals surface area contributed by atoms with Crippen molar-refractivity contribution >= 4 is 51.9 Å². The number of nitrogens with one attached hydrogen (secondary N) is 1. The minimum Gasteiger partial charge on any atom is -0.352 e. The standard InChI is InChI=1S/C31H21N3O5S/c35-28(19-11-14-20(15-12-19)34(38)39)27-26(29(36)24-10-5-17-40-24)31(21-7-2-3-8-22(21)32-30(31)37)25-16-13-18-6-1-4-9-23(18)33(25)27/h1-17,25-27H,(H,32,37)/t25-,26-,27+,31-/m1/s1. The molecular weight excluding hydrogens is 526 g/mol. The Morgan fingerprint density at radius 3 is 2.42 bits per heavy atom. The molecule has 196 valence electrons. The number of anilines is 2. The first kappa shape index (κ1) is 24.2. The molecule has 3 aliphatic rings. The number of ketones is 2. The van der Waals surface area contributed by atoms with Gasteiger partial charge in [-0.15, -0.1) is 11.3 Å². The van der Waals surface area contributed by atoms with E-state index in [2.05, 4.69) is 5.32 Å². The first-order chi connectivity index (χ1) is 19.4. The van der Waals surface area contributed by atoms with E-state index >= 15 is 0 Å². The number of Topliss-reactive ketones (excluding diaryl/α,β-unsaturated/α-hetero) is 2. The number of hydrogen-bond donors (Lipinski definition) is 1. The topological polar surface area (TPSA) is 110 Å². The van der Waals surface area contributed by atoms with E-state index in [9.17, 15) is 24.5 Å². The molecule has 4 atom stereocenters. The lowest BCUT2D eigenvalue weighted by Gasteiger charge is -2.37. The van der Waals surface area contributed by atoms with E-state index in [1.807, 2.05) is 65.6 Å². The number of thiophene rings is 1. The quantitative estimate of drug-likeness (QED) is 0.200. The minimum absolute atomic E-state index is 0.140. The highest BCUT2D eigenvalue weighted by Gasteiger charge is 2.70. The lowest BCUT2D eigenvalue weighted by atomic mass is 9.64. The third-order valence-corrected chi connectivity index (χ3v) is 9.10. The second-order valence-electron chi connectivity index (χ2n) is 10.1. The van der Waals surface area contributed by atoms with Gasteiger partial charge in [0.2, 0.25) is 5.91 Å². The van der Waals surface area contributed by atoms with E-state index in [-0.39, 0.29) is 28.7 Å². The zero-order valence-corrected chi connectivity index (χ0v) is 21.7. The Balaban J connectivity index is 1.51. The van der Waals surface area contributed by atoms with Gasteiger partial charge in [0.05, 0.1) is 21.8 Å². The maximum absolute atomic E-state index is 14.5. The summed E-state index contributed by atoms with van der Waals surface area (Å²) < 4.78 is 0. The highest BCUT2D eigenvalue weighted by atomic mass is 32.1. The van der Waals surface area contributed by atoms with Crippen molar-refractivity contribution in [2.45, 2.75) is 17.5 Å².